The Morgan fingerprint density at radius 2 is 2.35 bits per heavy atom. The van der Waals surface area contributed by atoms with E-state index in [2.05, 4.69) is 22.4 Å². The van der Waals surface area contributed by atoms with Crippen LogP contribution in [0.1, 0.15) is 50.4 Å². The molecule has 1 aliphatic rings. The monoisotopic (exact) mass is 239 g/mol. The molecule has 1 aliphatic heterocycles. The summed E-state index contributed by atoms with van der Waals surface area (Å²) in [6.07, 6.45) is 5.33. The summed E-state index contributed by atoms with van der Waals surface area (Å²) >= 11 is 0. The van der Waals surface area contributed by atoms with Crippen molar-refractivity contribution in [2.45, 2.75) is 45.1 Å². The van der Waals surface area contributed by atoms with Crippen LogP contribution >= 0.6 is 0 Å². The quantitative estimate of drug-likeness (QED) is 0.768. The van der Waals surface area contributed by atoms with Crippen LogP contribution in [0.4, 0.5) is 0 Å². The van der Waals surface area contributed by atoms with E-state index in [1.54, 1.807) is 0 Å². The second-order valence-electron chi connectivity index (χ2n) is 4.41. The number of aromatic nitrogens is 2. The van der Waals surface area contributed by atoms with Crippen molar-refractivity contribution < 1.29 is 9.26 Å². The fourth-order valence-corrected chi connectivity index (χ4v) is 1.99. The highest BCUT2D eigenvalue weighted by molar-refractivity contribution is 4.95. The van der Waals surface area contributed by atoms with Crippen LogP contribution in [-0.2, 0) is 11.2 Å². The van der Waals surface area contributed by atoms with E-state index in [4.69, 9.17) is 9.26 Å². The first-order valence-corrected chi connectivity index (χ1v) is 6.53. The third-order valence-electron chi connectivity index (χ3n) is 2.91. The Morgan fingerprint density at radius 1 is 1.41 bits per heavy atom. The molecular weight excluding hydrogens is 218 g/mol. The Kier molecular flexibility index (Phi) is 4.94. The highest BCUT2D eigenvalue weighted by atomic mass is 16.5. The number of rotatable bonds is 6. The van der Waals surface area contributed by atoms with Gasteiger partial charge in [0, 0.05) is 6.61 Å². The molecule has 5 nitrogen and oxygen atoms in total. The third-order valence-corrected chi connectivity index (χ3v) is 2.91. The fraction of sp³-hybridized carbons (Fsp3) is 0.833. The van der Waals surface area contributed by atoms with Crippen LogP contribution in [0.25, 0.3) is 0 Å². The van der Waals surface area contributed by atoms with Crippen molar-refractivity contribution in [2.75, 3.05) is 19.8 Å². The Hall–Kier alpha value is -0.940. The summed E-state index contributed by atoms with van der Waals surface area (Å²) in [5.74, 6) is 1.48. The molecule has 1 aromatic heterocycles. The average Bonchev–Trinajstić information content (AvgIpc) is 2.85. The number of nitrogens with zero attached hydrogens (tertiary/aromatic N) is 2. The second kappa shape index (κ2) is 6.71. The molecule has 96 valence electrons. The van der Waals surface area contributed by atoms with E-state index in [1.165, 1.54) is 12.8 Å². The standard InChI is InChI=1S/C12H21N3O2/c1-2-8-16-9-6-11-14-12(15-17-11)10-5-3-4-7-13-10/h10,13H,2-9H2,1H3. The number of ether oxygens (including phenoxy) is 1. The average molecular weight is 239 g/mol. The first-order valence-electron chi connectivity index (χ1n) is 6.53. The number of hydrogen-bond donors (Lipinski definition) is 1. The lowest BCUT2D eigenvalue weighted by molar-refractivity contribution is 0.132. The van der Waals surface area contributed by atoms with Gasteiger partial charge in [0.15, 0.2) is 5.82 Å². The molecule has 1 fully saturated rings. The molecule has 0 saturated carbocycles. The van der Waals surface area contributed by atoms with E-state index in [0.717, 1.165) is 31.8 Å². The van der Waals surface area contributed by atoms with Crippen LogP contribution in [0, 0.1) is 0 Å². The van der Waals surface area contributed by atoms with Gasteiger partial charge in [-0.15, -0.1) is 0 Å². The summed E-state index contributed by atoms with van der Waals surface area (Å²) in [6.45, 7) is 4.60. The first-order chi connectivity index (χ1) is 8.40. The topological polar surface area (TPSA) is 60.2 Å². The predicted molar refractivity (Wildman–Crippen MR) is 63.7 cm³/mol. The van der Waals surface area contributed by atoms with Crippen molar-refractivity contribution in [2.24, 2.45) is 0 Å². The van der Waals surface area contributed by atoms with Crippen molar-refractivity contribution in [3.8, 4) is 0 Å². The summed E-state index contributed by atoms with van der Waals surface area (Å²) in [5.41, 5.74) is 0. The molecule has 1 saturated heterocycles. The van der Waals surface area contributed by atoms with Crippen LogP contribution in [0.5, 0.6) is 0 Å². The van der Waals surface area contributed by atoms with E-state index >= 15 is 0 Å². The molecule has 1 aromatic rings. The van der Waals surface area contributed by atoms with E-state index in [-0.39, 0.29) is 6.04 Å². The summed E-state index contributed by atoms with van der Waals surface area (Å²) < 4.78 is 10.6. The predicted octanol–water partition coefficient (Wildman–Crippen LogP) is 1.85. The Balaban J connectivity index is 1.78. The second-order valence-corrected chi connectivity index (χ2v) is 4.41. The molecule has 0 spiro atoms. The minimum Gasteiger partial charge on any atom is -0.381 e. The van der Waals surface area contributed by atoms with Gasteiger partial charge in [0.1, 0.15) is 0 Å². The Labute approximate surface area is 102 Å². The molecule has 1 unspecified atom stereocenters. The van der Waals surface area contributed by atoms with Gasteiger partial charge in [0.25, 0.3) is 0 Å². The van der Waals surface area contributed by atoms with E-state index in [0.29, 0.717) is 18.9 Å². The lowest BCUT2D eigenvalue weighted by atomic mass is 10.0. The van der Waals surface area contributed by atoms with Crippen molar-refractivity contribution in [3.63, 3.8) is 0 Å². The molecule has 2 rings (SSSR count). The maximum absolute atomic E-state index is 5.40. The lowest BCUT2D eigenvalue weighted by Crippen LogP contribution is -2.27. The van der Waals surface area contributed by atoms with Gasteiger partial charge in [-0.1, -0.05) is 18.5 Å². The van der Waals surface area contributed by atoms with Crippen molar-refractivity contribution in [1.29, 1.82) is 0 Å². The van der Waals surface area contributed by atoms with Gasteiger partial charge >= 0.3 is 0 Å². The van der Waals surface area contributed by atoms with Crippen molar-refractivity contribution in [3.05, 3.63) is 11.7 Å². The van der Waals surface area contributed by atoms with E-state index in [9.17, 15) is 0 Å². The van der Waals surface area contributed by atoms with Crippen LogP contribution < -0.4 is 5.32 Å². The Bertz CT molecular complexity index is 321. The van der Waals surface area contributed by atoms with E-state index < -0.39 is 0 Å². The maximum Gasteiger partial charge on any atom is 0.229 e. The highest BCUT2D eigenvalue weighted by Gasteiger charge is 2.19. The third kappa shape index (κ3) is 3.78. The number of hydrogen-bond acceptors (Lipinski definition) is 5. The van der Waals surface area contributed by atoms with Gasteiger partial charge in [0.2, 0.25) is 5.89 Å². The van der Waals surface area contributed by atoms with Crippen LogP contribution in [0.3, 0.4) is 0 Å². The molecule has 0 amide bonds. The molecule has 0 radical (unpaired) electrons. The number of nitrogens with one attached hydrogen (secondary N) is 1. The molecule has 17 heavy (non-hydrogen) atoms. The highest BCUT2D eigenvalue weighted by Crippen LogP contribution is 2.20. The van der Waals surface area contributed by atoms with Crippen molar-refractivity contribution >= 4 is 0 Å². The molecule has 0 aliphatic carbocycles. The molecule has 1 atom stereocenters. The first kappa shape index (κ1) is 12.5. The van der Waals surface area contributed by atoms with Crippen LogP contribution in [0.2, 0.25) is 0 Å². The fourth-order valence-electron chi connectivity index (χ4n) is 1.99. The van der Waals surface area contributed by atoms with Gasteiger partial charge in [-0.2, -0.15) is 4.98 Å². The van der Waals surface area contributed by atoms with Gasteiger partial charge < -0.3 is 14.6 Å². The molecule has 5 heteroatoms. The minimum atomic E-state index is 0.276. The van der Waals surface area contributed by atoms with Crippen LogP contribution in [0.15, 0.2) is 4.52 Å². The largest absolute Gasteiger partial charge is 0.381 e. The molecule has 0 bridgehead atoms. The maximum atomic E-state index is 5.40. The van der Waals surface area contributed by atoms with Gasteiger partial charge in [0.05, 0.1) is 19.1 Å². The molecule has 2 heterocycles. The lowest BCUT2D eigenvalue weighted by Gasteiger charge is -2.19. The summed E-state index contributed by atoms with van der Waals surface area (Å²) in [4.78, 5) is 4.41. The smallest absolute Gasteiger partial charge is 0.229 e. The van der Waals surface area contributed by atoms with E-state index in [1.807, 2.05) is 0 Å². The minimum absolute atomic E-state index is 0.276. The van der Waals surface area contributed by atoms with Gasteiger partial charge in [-0.25, -0.2) is 0 Å². The van der Waals surface area contributed by atoms with Crippen LogP contribution in [-0.4, -0.2) is 29.9 Å². The molecular formula is C12H21N3O2. The molecule has 1 N–H and O–H groups in total. The van der Waals surface area contributed by atoms with Gasteiger partial charge in [-0.3, -0.25) is 0 Å². The normalized spacial score (nSPS) is 20.6. The van der Waals surface area contributed by atoms with Crippen molar-refractivity contribution in [1.82, 2.24) is 15.5 Å². The van der Waals surface area contributed by atoms with Gasteiger partial charge in [-0.05, 0) is 25.8 Å². The summed E-state index contributed by atoms with van der Waals surface area (Å²) in [7, 11) is 0. The zero-order valence-electron chi connectivity index (χ0n) is 10.4. The zero-order valence-corrected chi connectivity index (χ0v) is 10.4. The SMILES string of the molecule is CCCOCCc1nc(C2CCCCN2)no1. The Morgan fingerprint density at radius 3 is 3.12 bits per heavy atom. The number of piperidine rings is 1. The summed E-state index contributed by atoms with van der Waals surface area (Å²) in [5, 5.41) is 7.44. The zero-order chi connectivity index (χ0) is 11.9. The summed E-state index contributed by atoms with van der Waals surface area (Å²) in [6, 6.07) is 0.276. The molecule has 0 aromatic carbocycles.